The molecule has 0 aliphatic rings. The molecule has 0 aliphatic heterocycles. The number of carbonyl (C=O) groups excluding carboxylic acids is 1. The number of amides is 1. The van der Waals surface area contributed by atoms with E-state index in [2.05, 4.69) is 10.3 Å². The second-order valence-electron chi connectivity index (χ2n) is 4.25. The fourth-order valence-corrected chi connectivity index (χ4v) is 1.92. The third kappa shape index (κ3) is 2.92. The molecule has 104 valence electrons. The van der Waals surface area contributed by atoms with Gasteiger partial charge in [0.15, 0.2) is 0 Å². The van der Waals surface area contributed by atoms with Gasteiger partial charge < -0.3 is 15.5 Å². The number of hydrogen-bond donors (Lipinski definition) is 3. The molecule has 2 rings (SSSR count). The number of aliphatic hydroxyl groups excluding tert-OH is 1. The smallest absolute Gasteiger partial charge is 0.326 e. The van der Waals surface area contributed by atoms with Crippen LogP contribution in [0.5, 0.6) is 0 Å². The van der Waals surface area contributed by atoms with Crippen molar-refractivity contribution in [3.8, 4) is 0 Å². The maximum atomic E-state index is 12.2. The average molecular weight is 274 g/mol. The van der Waals surface area contributed by atoms with Crippen LogP contribution >= 0.6 is 0 Å². The van der Waals surface area contributed by atoms with Crippen molar-refractivity contribution in [2.45, 2.75) is 12.5 Å². The Kier molecular flexibility index (Phi) is 4.27. The van der Waals surface area contributed by atoms with Gasteiger partial charge >= 0.3 is 5.97 Å². The van der Waals surface area contributed by atoms with Gasteiger partial charge in [-0.05, 0) is 12.1 Å². The highest BCUT2D eigenvalue weighted by atomic mass is 16.4. The maximum Gasteiger partial charge on any atom is 0.326 e. The maximum absolute atomic E-state index is 12.2. The summed E-state index contributed by atoms with van der Waals surface area (Å²) in [6.07, 6.45) is 1.46. The van der Waals surface area contributed by atoms with E-state index in [1.165, 1.54) is 12.3 Å². The summed E-state index contributed by atoms with van der Waals surface area (Å²) in [5.74, 6) is -1.67. The Bertz CT molecular complexity index is 637. The second-order valence-corrected chi connectivity index (χ2v) is 4.25. The molecule has 1 aromatic heterocycles. The fraction of sp³-hybridized carbons (Fsp3) is 0.214. The minimum Gasteiger partial charge on any atom is -0.480 e. The number of rotatable bonds is 5. The SMILES string of the molecule is O=C(NC(CCO)C(=O)O)c1ccnc2ccccc12. The normalized spacial score (nSPS) is 12.1. The van der Waals surface area contributed by atoms with Gasteiger partial charge in [0, 0.05) is 24.6 Å². The van der Waals surface area contributed by atoms with E-state index in [-0.39, 0.29) is 13.0 Å². The molecule has 0 aliphatic carbocycles. The number of pyridine rings is 1. The first-order chi connectivity index (χ1) is 9.63. The third-order valence-corrected chi connectivity index (χ3v) is 2.91. The Morgan fingerprint density at radius 1 is 1.25 bits per heavy atom. The number of aliphatic carboxylic acids is 1. The lowest BCUT2D eigenvalue weighted by atomic mass is 10.1. The van der Waals surface area contributed by atoms with Crippen molar-refractivity contribution < 1.29 is 19.8 Å². The van der Waals surface area contributed by atoms with Gasteiger partial charge in [-0.2, -0.15) is 0 Å². The van der Waals surface area contributed by atoms with Gasteiger partial charge in [-0.15, -0.1) is 0 Å². The van der Waals surface area contributed by atoms with E-state index >= 15 is 0 Å². The van der Waals surface area contributed by atoms with E-state index in [4.69, 9.17) is 10.2 Å². The molecule has 1 heterocycles. The molecule has 0 fully saturated rings. The zero-order valence-electron chi connectivity index (χ0n) is 10.6. The molecule has 1 unspecified atom stereocenters. The Labute approximate surface area is 115 Å². The average Bonchev–Trinajstić information content (AvgIpc) is 2.46. The van der Waals surface area contributed by atoms with Crippen LogP contribution in [-0.2, 0) is 4.79 Å². The van der Waals surface area contributed by atoms with E-state index in [1.54, 1.807) is 18.2 Å². The monoisotopic (exact) mass is 274 g/mol. The highest BCUT2D eigenvalue weighted by Gasteiger charge is 2.21. The first-order valence-corrected chi connectivity index (χ1v) is 6.11. The molecule has 0 bridgehead atoms. The first kappa shape index (κ1) is 14.0. The third-order valence-electron chi connectivity index (χ3n) is 2.91. The molecule has 3 N–H and O–H groups in total. The summed E-state index contributed by atoms with van der Waals surface area (Å²) in [5, 5.41) is 20.8. The molecule has 6 heteroatoms. The molecule has 6 nitrogen and oxygen atoms in total. The zero-order chi connectivity index (χ0) is 14.5. The number of benzene rings is 1. The molecule has 0 saturated carbocycles. The molecule has 0 spiro atoms. The summed E-state index contributed by atoms with van der Waals surface area (Å²) in [4.78, 5) is 27.3. The van der Waals surface area contributed by atoms with Crippen molar-refractivity contribution in [3.63, 3.8) is 0 Å². The number of nitrogens with one attached hydrogen (secondary N) is 1. The van der Waals surface area contributed by atoms with Crippen LogP contribution < -0.4 is 5.32 Å². The lowest BCUT2D eigenvalue weighted by Gasteiger charge is -2.14. The predicted octanol–water partition coefficient (Wildman–Crippen LogP) is 0.800. The van der Waals surface area contributed by atoms with Crippen LogP contribution in [-0.4, -0.2) is 39.7 Å². The first-order valence-electron chi connectivity index (χ1n) is 6.11. The van der Waals surface area contributed by atoms with Gasteiger partial charge in [0.25, 0.3) is 5.91 Å². The summed E-state index contributed by atoms with van der Waals surface area (Å²) in [6, 6.07) is 7.54. The quantitative estimate of drug-likeness (QED) is 0.749. The molecule has 1 atom stereocenters. The van der Waals surface area contributed by atoms with E-state index in [1.807, 2.05) is 6.07 Å². The highest BCUT2D eigenvalue weighted by Crippen LogP contribution is 2.16. The number of hydrogen-bond acceptors (Lipinski definition) is 4. The Hall–Kier alpha value is -2.47. The van der Waals surface area contributed by atoms with Crippen LogP contribution in [0.15, 0.2) is 36.5 Å². The minimum atomic E-state index is -1.18. The van der Waals surface area contributed by atoms with E-state index in [9.17, 15) is 9.59 Å². The molecule has 20 heavy (non-hydrogen) atoms. The van der Waals surface area contributed by atoms with Gasteiger partial charge in [-0.1, -0.05) is 18.2 Å². The van der Waals surface area contributed by atoms with Crippen molar-refractivity contribution in [2.75, 3.05) is 6.61 Å². The standard InChI is InChI=1S/C14H14N2O4/c17-8-6-12(14(19)20)16-13(18)10-5-7-15-11-4-2-1-3-9(10)11/h1-5,7,12,17H,6,8H2,(H,16,18)(H,19,20). The van der Waals surface area contributed by atoms with Crippen LogP contribution in [0.4, 0.5) is 0 Å². The molecule has 0 saturated heterocycles. The summed E-state index contributed by atoms with van der Waals surface area (Å²) in [5.41, 5.74) is 1.02. The number of aromatic nitrogens is 1. The van der Waals surface area contributed by atoms with Gasteiger partial charge in [-0.25, -0.2) is 4.79 Å². The Balaban J connectivity index is 2.29. The topological polar surface area (TPSA) is 99.5 Å². The Morgan fingerprint density at radius 2 is 2.00 bits per heavy atom. The number of carboxylic acids is 1. The van der Waals surface area contributed by atoms with Crippen LogP contribution in [0.3, 0.4) is 0 Å². The van der Waals surface area contributed by atoms with E-state index in [0.29, 0.717) is 16.5 Å². The van der Waals surface area contributed by atoms with Crippen LogP contribution in [0.1, 0.15) is 16.8 Å². The summed E-state index contributed by atoms with van der Waals surface area (Å²) < 4.78 is 0. The van der Waals surface area contributed by atoms with Crippen molar-refractivity contribution in [1.82, 2.24) is 10.3 Å². The number of para-hydroxylation sites is 1. The lowest BCUT2D eigenvalue weighted by molar-refractivity contribution is -0.139. The largest absolute Gasteiger partial charge is 0.480 e. The summed E-state index contributed by atoms with van der Waals surface area (Å²) >= 11 is 0. The molecule has 2 aromatic rings. The van der Waals surface area contributed by atoms with Gasteiger partial charge in [-0.3, -0.25) is 9.78 Å². The van der Waals surface area contributed by atoms with E-state index < -0.39 is 17.9 Å². The fourth-order valence-electron chi connectivity index (χ4n) is 1.92. The second kappa shape index (κ2) is 6.12. The molecular formula is C14H14N2O4. The van der Waals surface area contributed by atoms with Crippen molar-refractivity contribution in [1.29, 1.82) is 0 Å². The van der Waals surface area contributed by atoms with Crippen molar-refractivity contribution >= 4 is 22.8 Å². The number of nitrogens with zero attached hydrogens (tertiary/aromatic N) is 1. The minimum absolute atomic E-state index is 0.0376. The van der Waals surface area contributed by atoms with Crippen LogP contribution in [0, 0.1) is 0 Å². The predicted molar refractivity (Wildman–Crippen MR) is 72.3 cm³/mol. The summed E-state index contributed by atoms with van der Waals surface area (Å²) in [6.45, 7) is -0.311. The van der Waals surface area contributed by atoms with Crippen molar-refractivity contribution in [2.24, 2.45) is 0 Å². The van der Waals surface area contributed by atoms with Crippen LogP contribution in [0.25, 0.3) is 10.9 Å². The lowest BCUT2D eigenvalue weighted by Crippen LogP contribution is -2.41. The van der Waals surface area contributed by atoms with Crippen molar-refractivity contribution in [3.05, 3.63) is 42.1 Å². The number of carboxylic acid groups (broad SMARTS) is 1. The highest BCUT2D eigenvalue weighted by molar-refractivity contribution is 6.06. The molecule has 0 radical (unpaired) electrons. The molecule has 1 amide bonds. The van der Waals surface area contributed by atoms with Gasteiger partial charge in [0.1, 0.15) is 6.04 Å². The zero-order valence-corrected chi connectivity index (χ0v) is 10.6. The Morgan fingerprint density at radius 3 is 2.70 bits per heavy atom. The summed E-state index contributed by atoms with van der Waals surface area (Å²) in [7, 11) is 0. The van der Waals surface area contributed by atoms with Gasteiger partial charge in [0.05, 0.1) is 11.1 Å². The number of aliphatic hydroxyl groups is 1. The number of fused-ring (bicyclic) bond motifs is 1. The van der Waals surface area contributed by atoms with Crippen LogP contribution in [0.2, 0.25) is 0 Å². The molecule has 1 aromatic carbocycles. The number of carbonyl (C=O) groups is 2. The molecular weight excluding hydrogens is 260 g/mol. The van der Waals surface area contributed by atoms with Gasteiger partial charge in [0.2, 0.25) is 0 Å². The van der Waals surface area contributed by atoms with E-state index in [0.717, 1.165) is 0 Å².